The fraction of sp³-hybridized carbons (Fsp3) is 0.385. The van der Waals surface area contributed by atoms with Crippen molar-refractivity contribution >= 4 is 15.9 Å². The third kappa shape index (κ3) is 2.08. The summed E-state index contributed by atoms with van der Waals surface area (Å²) in [5.41, 5.74) is 2.89. The van der Waals surface area contributed by atoms with Crippen LogP contribution in [0.5, 0.6) is 0 Å². The highest BCUT2D eigenvalue weighted by Crippen LogP contribution is 2.41. The fourth-order valence-corrected chi connectivity index (χ4v) is 2.73. The topological polar surface area (TPSA) is 50.9 Å². The van der Waals surface area contributed by atoms with Crippen LogP contribution in [0.2, 0.25) is 0 Å². The second kappa shape index (κ2) is 4.48. The van der Waals surface area contributed by atoms with E-state index in [1.165, 1.54) is 18.4 Å². The van der Waals surface area contributed by atoms with Crippen LogP contribution in [0.4, 0.5) is 0 Å². The molecule has 0 amide bonds. The largest absolute Gasteiger partial charge is 0.382 e. The van der Waals surface area contributed by atoms with Crippen molar-refractivity contribution in [2.75, 3.05) is 0 Å². The maximum atomic E-state index is 10.4. The molecule has 1 aliphatic rings. The molecule has 0 spiro atoms. The summed E-state index contributed by atoms with van der Waals surface area (Å²) >= 11 is 3.32. The molecule has 0 bridgehead atoms. The van der Waals surface area contributed by atoms with Crippen LogP contribution in [0.25, 0.3) is 0 Å². The normalized spacial score (nSPS) is 16.8. The summed E-state index contributed by atoms with van der Waals surface area (Å²) in [7, 11) is 1.78. The highest BCUT2D eigenvalue weighted by atomic mass is 79.9. The van der Waals surface area contributed by atoms with E-state index in [2.05, 4.69) is 38.4 Å². The number of aryl methyl sites for hydroxylation is 1. The smallest absolute Gasteiger partial charge is 0.154 e. The molecule has 1 saturated carbocycles. The van der Waals surface area contributed by atoms with E-state index in [9.17, 15) is 5.11 Å². The van der Waals surface area contributed by atoms with Gasteiger partial charge in [0.1, 0.15) is 11.8 Å². The molecular formula is C13H14BrN3O. The van der Waals surface area contributed by atoms with Crippen molar-refractivity contribution < 1.29 is 5.11 Å². The van der Waals surface area contributed by atoms with Crippen LogP contribution in [0.1, 0.15) is 41.7 Å². The van der Waals surface area contributed by atoms with Gasteiger partial charge in [-0.2, -0.15) is 0 Å². The lowest BCUT2D eigenvalue weighted by molar-refractivity contribution is 0.209. The molecule has 94 valence electrons. The maximum absolute atomic E-state index is 10.4. The second-order valence-electron chi connectivity index (χ2n) is 4.74. The maximum Gasteiger partial charge on any atom is 0.154 e. The third-order valence-corrected chi connectivity index (χ3v) is 3.93. The van der Waals surface area contributed by atoms with Crippen molar-refractivity contribution in [1.29, 1.82) is 0 Å². The van der Waals surface area contributed by atoms with Gasteiger partial charge >= 0.3 is 0 Å². The van der Waals surface area contributed by atoms with Crippen molar-refractivity contribution in [3.05, 3.63) is 45.7 Å². The molecule has 1 fully saturated rings. The van der Waals surface area contributed by atoms with E-state index in [1.54, 1.807) is 11.7 Å². The zero-order chi connectivity index (χ0) is 12.7. The predicted molar refractivity (Wildman–Crippen MR) is 71.2 cm³/mol. The molecule has 1 heterocycles. The first-order chi connectivity index (χ1) is 8.66. The zero-order valence-corrected chi connectivity index (χ0v) is 11.6. The summed E-state index contributed by atoms with van der Waals surface area (Å²) in [6, 6.07) is 8.16. The average Bonchev–Trinajstić information content (AvgIpc) is 3.16. The Hall–Kier alpha value is -1.20. The molecule has 1 atom stereocenters. The summed E-state index contributed by atoms with van der Waals surface area (Å²) in [6.45, 7) is 0. The lowest BCUT2D eigenvalue weighted by Crippen LogP contribution is -2.07. The molecule has 4 nitrogen and oxygen atoms in total. The number of aromatic nitrogens is 3. The molecule has 1 unspecified atom stereocenters. The first-order valence-corrected chi connectivity index (χ1v) is 6.79. The number of aliphatic hydroxyl groups excluding tert-OH is 1. The fourth-order valence-electron chi connectivity index (χ4n) is 2.19. The van der Waals surface area contributed by atoms with E-state index >= 15 is 0 Å². The van der Waals surface area contributed by atoms with Gasteiger partial charge in [-0.3, -0.25) is 0 Å². The SMILES string of the molecule is Cn1nnc(Br)c1C(O)c1cccc(C2CC2)c1. The molecule has 0 aliphatic heterocycles. The Morgan fingerprint density at radius 1 is 1.44 bits per heavy atom. The minimum absolute atomic E-state index is 0.592. The number of halogens is 1. The van der Waals surface area contributed by atoms with Crippen LogP contribution in [0.3, 0.4) is 0 Å². The summed E-state index contributed by atoms with van der Waals surface area (Å²) in [5.74, 6) is 0.685. The number of nitrogens with zero attached hydrogens (tertiary/aromatic N) is 3. The van der Waals surface area contributed by atoms with Crippen molar-refractivity contribution in [2.45, 2.75) is 24.9 Å². The highest BCUT2D eigenvalue weighted by Gasteiger charge is 2.25. The Balaban J connectivity index is 1.96. The van der Waals surface area contributed by atoms with E-state index < -0.39 is 6.10 Å². The number of aliphatic hydroxyl groups is 1. The lowest BCUT2D eigenvalue weighted by Gasteiger charge is -2.12. The van der Waals surface area contributed by atoms with Gasteiger partial charge in [0.15, 0.2) is 4.60 Å². The Morgan fingerprint density at radius 2 is 2.22 bits per heavy atom. The van der Waals surface area contributed by atoms with Gasteiger partial charge in [-0.05, 0) is 45.8 Å². The Morgan fingerprint density at radius 3 is 2.83 bits per heavy atom. The molecule has 3 rings (SSSR count). The van der Waals surface area contributed by atoms with Crippen LogP contribution in [-0.2, 0) is 7.05 Å². The van der Waals surface area contributed by atoms with Crippen molar-refractivity contribution in [3.8, 4) is 0 Å². The monoisotopic (exact) mass is 307 g/mol. The average molecular weight is 308 g/mol. The van der Waals surface area contributed by atoms with Crippen LogP contribution in [0, 0.1) is 0 Å². The predicted octanol–water partition coefficient (Wildman–Crippen LogP) is 2.54. The number of rotatable bonds is 3. The van der Waals surface area contributed by atoms with E-state index in [0.29, 0.717) is 16.2 Å². The molecule has 18 heavy (non-hydrogen) atoms. The molecule has 2 aromatic rings. The number of hydrogen-bond donors (Lipinski definition) is 1. The molecule has 1 N–H and O–H groups in total. The summed E-state index contributed by atoms with van der Waals surface area (Å²) < 4.78 is 2.19. The van der Waals surface area contributed by atoms with E-state index in [0.717, 1.165) is 5.56 Å². The van der Waals surface area contributed by atoms with Crippen LogP contribution in [-0.4, -0.2) is 20.1 Å². The van der Waals surface area contributed by atoms with Gasteiger partial charge in [0.25, 0.3) is 0 Å². The van der Waals surface area contributed by atoms with Gasteiger partial charge in [0.05, 0.1) is 0 Å². The van der Waals surface area contributed by atoms with Crippen molar-refractivity contribution in [3.63, 3.8) is 0 Å². The van der Waals surface area contributed by atoms with Crippen molar-refractivity contribution in [1.82, 2.24) is 15.0 Å². The first-order valence-electron chi connectivity index (χ1n) is 6.00. The van der Waals surface area contributed by atoms with Gasteiger partial charge in [-0.25, -0.2) is 4.68 Å². The molecule has 0 saturated heterocycles. The molecule has 1 aromatic heterocycles. The Labute approximate surface area is 114 Å². The number of benzene rings is 1. The minimum atomic E-state index is -0.696. The van der Waals surface area contributed by atoms with Gasteiger partial charge in [-0.1, -0.05) is 29.5 Å². The van der Waals surface area contributed by atoms with Gasteiger partial charge in [-0.15, -0.1) is 5.10 Å². The third-order valence-electron chi connectivity index (χ3n) is 3.36. The second-order valence-corrected chi connectivity index (χ2v) is 5.49. The molecular weight excluding hydrogens is 294 g/mol. The van der Waals surface area contributed by atoms with Crippen LogP contribution in [0.15, 0.2) is 28.9 Å². The molecule has 0 radical (unpaired) electrons. The van der Waals surface area contributed by atoms with Crippen molar-refractivity contribution in [2.24, 2.45) is 7.05 Å². The van der Waals surface area contributed by atoms with E-state index in [4.69, 9.17) is 0 Å². The molecule has 5 heteroatoms. The van der Waals surface area contributed by atoms with E-state index in [-0.39, 0.29) is 0 Å². The minimum Gasteiger partial charge on any atom is -0.382 e. The van der Waals surface area contributed by atoms with Gasteiger partial charge < -0.3 is 5.11 Å². The van der Waals surface area contributed by atoms with Gasteiger partial charge in [0, 0.05) is 7.05 Å². The molecule has 1 aromatic carbocycles. The first kappa shape index (κ1) is 11.9. The highest BCUT2D eigenvalue weighted by molar-refractivity contribution is 9.10. The standard InChI is InChI=1S/C13H14BrN3O/c1-17-11(13(14)15-16-17)12(18)10-4-2-3-9(7-10)8-5-6-8/h2-4,7-8,12,18H,5-6H2,1H3. The lowest BCUT2D eigenvalue weighted by atomic mass is 10.0. The molecule has 1 aliphatic carbocycles. The van der Waals surface area contributed by atoms with Crippen LogP contribution >= 0.6 is 15.9 Å². The summed E-state index contributed by atoms with van der Waals surface area (Å²) in [5, 5.41) is 18.2. The van der Waals surface area contributed by atoms with Crippen LogP contribution < -0.4 is 0 Å². The van der Waals surface area contributed by atoms with E-state index in [1.807, 2.05) is 12.1 Å². The Kier molecular flexibility index (Phi) is 2.95. The van der Waals surface area contributed by atoms with Gasteiger partial charge in [0.2, 0.25) is 0 Å². The Bertz CT molecular complexity index is 558. The quantitative estimate of drug-likeness (QED) is 0.948. The zero-order valence-electron chi connectivity index (χ0n) is 10.0. The summed E-state index contributed by atoms with van der Waals surface area (Å²) in [4.78, 5) is 0. The number of hydrogen-bond acceptors (Lipinski definition) is 3. The summed E-state index contributed by atoms with van der Waals surface area (Å²) in [6.07, 6.45) is 1.82.